The van der Waals surface area contributed by atoms with Crippen molar-refractivity contribution >= 4 is 5.78 Å². The van der Waals surface area contributed by atoms with Crippen LogP contribution in [0.2, 0.25) is 0 Å². The van der Waals surface area contributed by atoms with E-state index in [9.17, 15) is 9.18 Å². The number of rotatable bonds is 3. The molecule has 0 atom stereocenters. The largest absolute Gasteiger partial charge is 0.294 e. The van der Waals surface area contributed by atoms with Crippen LogP contribution in [-0.2, 0) is 6.42 Å². The van der Waals surface area contributed by atoms with Crippen LogP contribution < -0.4 is 0 Å². The van der Waals surface area contributed by atoms with Gasteiger partial charge in [-0.2, -0.15) is 0 Å². The molecule has 0 saturated heterocycles. The van der Waals surface area contributed by atoms with Crippen LogP contribution in [0.5, 0.6) is 0 Å². The molecule has 0 bridgehead atoms. The molecule has 0 aliphatic carbocycles. The minimum absolute atomic E-state index is 0.0468. The van der Waals surface area contributed by atoms with Gasteiger partial charge in [0.1, 0.15) is 5.82 Å². The molecule has 0 fully saturated rings. The van der Waals surface area contributed by atoms with Gasteiger partial charge in [-0.3, -0.25) is 9.78 Å². The van der Waals surface area contributed by atoms with E-state index in [0.717, 1.165) is 11.3 Å². The number of benzene rings is 1. The van der Waals surface area contributed by atoms with Crippen molar-refractivity contribution in [2.75, 3.05) is 0 Å². The lowest BCUT2D eigenvalue weighted by Gasteiger charge is -2.03. The van der Waals surface area contributed by atoms with Gasteiger partial charge >= 0.3 is 0 Å². The molecule has 0 saturated carbocycles. The lowest BCUT2D eigenvalue weighted by atomic mass is 10.0. The van der Waals surface area contributed by atoms with Crippen molar-refractivity contribution in [2.24, 2.45) is 0 Å². The van der Waals surface area contributed by atoms with Crippen LogP contribution in [0.3, 0.4) is 0 Å². The Kier molecular flexibility index (Phi) is 3.51. The van der Waals surface area contributed by atoms with Crippen molar-refractivity contribution in [1.82, 2.24) is 4.98 Å². The van der Waals surface area contributed by atoms with Gasteiger partial charge < -0.3 is 0 Å². The van der Waals surface area contributed by atoms with Crippen LogP contribution in [0, 0.1) is 19.7 Å². The fourth-order valence-electron chi connectivity index (χ4n) is 1.69. The van der Waals surface area contributed by atoms with Crippen molar-refractivity contribution in [2.45, 2.75) is 20.3 Å². The quantitative estimate of drug-likeness (QED) is 0.774. The molecule has 2 nitrogen and oxygen atoms in total. The highest BCUT2D eigenvalue weighted by molar-refractivity contribution is 5.97. The van der Waals surface area contributed by atoms with Crippen LogP contribution >= 0.6 is 0 Å². The fourth-order valence-corrected chi connectivity index (χ4v) is 1.69. The van der Waals surface area contributed by atoms with Crippen molar-refractivity contribution in [3.8, 4) is 0 Å². The molecule has 0 radical (unpaired) electrons. The zero-order chi connectivity index (χ0) is 13.1. The number of pyridine rings is 1. The van der Waals surface area contributed by atoms with E-state index < -0.39 is 0 Å². The van der Waals surface area contributed by atoms with E-state index in [1.165, 1.54) is 12.1 Å². The predicted molar refractivity (Wildman–Crippen MR) is 68.1 cm³/mol. The Morgan fingerprint density at radius 1 is 1.22 bits per heavy atom. The Morgan fingerprint density at radius 2 is 2.00 bits per heavy atom. The first kappa shape index (κ1) is 12.4. The highest BCUT2D eigenvalue weighted by Crippen LogP contribution is 2.12. The molecule has 0 aliphatic heterocycles. The molecule has 1 aromatic carbocycles. The molecule has 92 valence electrons. The van der Waals surface area contributed by atoms with Gasteiger partial charge in [0.2, 0.25) is 0 Å². The molecule has 2 aromatic rings. The predicted octanol–water partition coefficient (Wildman–Crippen LogP) is 3.26. The minimum atomic E-state index is -0.292. The second-order valence-corrected chi connectivity index (χ2v) is 4.39. The van der Waals surface area contributed by atoms with Crippen molar-refractivity contribution in [1.29, 1.82) is 0 Å². The highest BCUT2D eigenvalue weighted by atomic mass is 19.1. The molecule has 0 spiro atoms. The van der Waals surface area contributed by atoms with Gasteiger partial charge in [0.15, 0.2) is 5.78 Å². The summed E-state index contributed by atoms with van der Waals surface area (Å²) in [5, 5.41) is 0. The molecule has 18 heavy (non-hydrogen) atoms. The maximum Gasteiger partial charge on any atom is 0.168 e. The number of hydrogen-bond acceptors (Lipinski definition) is 2. The van der Waals surface area contributed by atoms with E-state index >= 15 is 0 Å². The zero-order valence-corrected chi connectivity index (χ0v) is 10.4. The normalized spacial score (nSPS) is 10.4. The summed E-state index contributed by atoms with van der Waals surface area (Å²) in [5.74, 6) is -0.338. The van der Waals surface area contributed by atoms with Gasteiger partial charge in [-0.1, -0.05) is 6.07 Å². The summed E-state index contributed by atoms with van der Waals surface area (Å²) in [6.45, 7) is 3.60. The maximum atomic E-state index is 13.1. The van der Waals surface area contributed by atoms with E-state index in [2.05, 4.69) is 4.98 Å². The van der Waals surface area contributed by atoms with Crippen molar-refractivity contribution < 1.29 is 9.18 Å². The molecule has 2 rings (SSSR count). The number of hydrogen-bond donors (Lipinski definition) is 0. The van der Waals surface area contributed by atoms with Crippen LogP contribution in [0.1, 0.15) is 27.2 Å². The van der Waals surface area contributed by atoms with Crippen LogP contribution in [0.4, 0.5) is 4.39 Å². The number of carbonyl (C=O) groups excluding carboxylic acids is 1. The molecule has 1 aromatic heterocycles. The Morgan fingerprint density at radius 3 is 2.61 bits per heavy atom. The van der Waals surface area contributed by atoms with Gasteiger partial charge in [0.05, 0.1) is 6.42 Å². The van der Waals surface area contributed by atoms with Crippen LogP contribution in [-0.4, -0.2) is 10.8 Å². The van der Waals surface area contributed by atoms with Crippen LogP contribution in [0.25, 0.3) is 0 Å². The summed E-state index contributed by atoms with van der Waals surface area (Å²) in [7, 11) is 0. The third-order valence-corrected chi connectivity index (χ3v) is 2.79. The second kappa shape index (κ2) is 5.08. The lowest BCUT2D eigenvalue weighted by Crippen LogP contribution is -2.05. The summed E-state index contributed by atoms with van der Waals surface area (Å²) in [4.78, 5) is 16.2. The highest BCUT2D eigenvalue weighted by Gasteiger charge is 2.09. The molecule has 0 N–H and O–H groups in total. The van der Waals surface area contributed by atoms with E-state index in [1.807, 2.05) is 19.1 Å². The Balaban J connectivity index is 2.16. The SMILES string of the molecule is Cc1ccc(CC(=O)c2ccc(F)c(C)c2)nc1. The number of ketones is 1. The molecule has 1 heterocycles. The average molecular weight is 243 g/mol. The summed E-state index contributed by atoms with van der Waals surface area (Å²) < 4.78 is 13.1. The molecule has 0 aliphatic rings. The average Bonchev–Trinajstić information content (AvgIpc) is 2.35. The van der Waals surface area contributed by atoms with E-state index in [0.29, 0.717) is 11.1 Å². The van der Waals surface area contributed by atoms with E-state index in [-0.39, 0.29) is 18.0 Å². The summed E-state index contributed by atoms with van der Waals surface area (Å²) in [6.07, 6.45) is 1.98. The summed E-state index contributed by atoms with van der Waals surface area (Å²) >= 11 is 0. The fraction of sp³-hybridized carbons (Fsp3) is 0.200. The van der Waals surface area contributed by atoms with Gasteiger partial charge in [0, 0.05) is 17.5 Å². The number of aryl methyl sites for hydroxylation is 2. The minimum Gasteiger partial charge on any atom is -0.294 e. The third kappa shape index (κ3) is 2.80. The first-order chi connectivity index (χ1) is 8.56. The van der Waals surface area contributed by atoms with Gasteiger partial charge in [-0.05, 0) is 49.2 Å². The van der Waals surface area contributed by atoms with Crippen LogP contribution in [0.15, 0.2) is 36.5 Å². The van der Waals surface area contributed by atoms with E-state index in [4.69, 9.17) is 0 Å². The number of aromatic nitrogens is 1. The molecular formula is C15H14FNO. The van der Waals surface area contributed by atoms with Gasteiger partial charge in [-0.25, -0.2) is 4.39 Å². The Bertz CT molecular complexity index is 576. The molecule has 0 unspecified atom stereocenters. The van der Waals surface area contributed by atoms with Crippen molar-refractivity contribution in [3.63, 3.8) is 0 Å². The number of halogens is 1. The standard InChI is InChI=1S/C15H14FNO/c1-10-3-5-13(17-9-10)8-15(18)12-4-6-14(16)11(2)7-12/h3-7,9H,8H2,1-2H3. The smallest absolute Gasteiger partial charge is 0.168 e. The Hall–Kier alpha value is -2.03. The van der Waals surface area contributed by atoms with Gasteiger partial charge in [0.25, 0.3) is 0 Å². The number of Topliss-reactive ketones (excluding diaryl/α,β-unsaturated/α-hetero) is 1. The first-order valence-corrected chi connectivity index (χ1v) is 5.77. The topological polar surface area (TPSA) is 30.0 Å². The number of carbonyl (C=O) groups is 1. The molecule has 3 heteroatoms. The third-order valence-electron chi connectivity index (χ3n) is 2.79. The zero-order valence-electron chi connectivity index (χ0n) is 10.4. The second-order valence-electron chi connectivity index (χ2n) is 4.39. The number of nitrogens with zero attached hydrogens (tertiary/aromatic N) is 1. The first-order valence-electron chi connectivity index (χ1n) is 5.77. The molecular weight excluding hydrogens is 229 g/mol. The lowest BCUT2D eigenvalue weighted by molar-refractivity contribution is 0.0992. The monoisotopic (exact) mass is 243 g/mol. The van der Waals surface area contributed by atoms with Gasteiger partial charge in [-0.15, -0.1) is 0 Å². The summed E-state index contributed by atoms with van der Waals surface area (Å²) in [6, 6.07) is 8.17. The van der Waals surface area contributed by atoms with E-state index in [1.54, 1.807) is 19.2 Å². The molecule has 0 amide bonds. The van der Waals surface area contributed by atoms with Crippen molar-refractivity contribution in [3.05, 3.63) is 64.7 Å². The Labute approximate surface area is 105 Å². The maximum absolute atomic E-state index is 13.1. The summed E-state index contributed by atoms with van der Waals surface area (Å²) in [5.41, 5.74) is 2.80.